The number of benzene rings is 2. The number of sulfonamides is 1. The number of aromatic nitrogens is 4. The van der Waals surface area contributed by atoms with Crippen LogP contribution in [0.15, 0.2) is 58.4 Å². The number of anilines is 1. The van der Waals surface area contributed by atoms with Crippen LogP contribution >= 0.6 is 0 Å². The van der Waals surface area contributed by atoms with Crippen molar-refractivity contribution in [2.75, 3.05) is 11.9 Å². The molecule has 1 aliphatic heterocycles. The second-order valence-corrected chi connectivity index (χ2v) is 10.4. The number of aliphatic imine (C=N–C) groups is 1. The third-order valence-electron chi connectivity index (χ3n) is 5.63. The SMILES string of the molecule is CC(C)c1ccc(-c2nnn(CC(=O)Nc3cccc(S(=O)(=O)NC4=NCCCCC4)c3)n2)cc1. The molecule has 1 aromatic heterocycles. The van der Waals surface area contributed by atoms with Gasteiger partial charge in [0.15, 0.2) is 0 Å². The topological polar surface area (TPSA) is 131 Å². The Hall–Kier alpha value is -3.60. The van der Waals surface area contributed by atoms with E-state index < -0.39 is 15.9 Å². The van der Waals surface area contributed by atoms with Crippen molar-refractivity contribution in [2.24, 2.45) is 4.99 Å². The van der Waals surface area contributed by atoms with Gasteiger partial charge in [0, 0.05) is 24.2 Å². The quantitative estimate of drug-likeness (QED) is 0.517. The summed E-state index contributed by atoms with van der Waals surface area (Å²) in [6.07, 6.45) is 3.49. The second-order valence-electron chi connectivity index (χ2n) is 8.74. The largest absolute Gasteiger partial charge is 0.324 e. The highest BCUT2D eigenvalue weighted by Crippen LogP contribution is 2.20. The predicted octanol–water partition coefficient (Wildman–Crippen LogP) is 3.35. The molecule has 1 aliphatic rings. The Morgan fingerprint density at radius 3 is 2.66 bits per heavy atom. The number of hydrogen-bond donors (Lipinski definition) is 2. The molecule has 0 atom stereocenters. The average Bonchev–Trinajstić information content (AvgIpc) is 3.14. The van der Waals surface area contributed by atoms with Gasteiger partial charge >= 0.3 is 0 Å². The van der Waals surface area contributed by atoms with E-state index in [9.17, 15) is 13.2 Å². The zero-order chi connectivity index (χ0) is 24.8. The zero-order valence-electron chi connectivity index (χ0n) is 19.8. The Balaban J connectivity index is 1.39. The Morgan fingerprint density at radius 1 is 1.09 bits per heavy atom. The van der Waals surface area contributed by atoms with E-state index in [0.717, 1.165) is 24.8 Å². The van der Waals surface area contributed by atoms with Crippen LogP contribution < -0.4 is 10.0 Å². The van der Waals surface area contributed by atoms with Gasteiger partial charge in [0.2, 0.25) is 11.7 Å². The van der Waals surface area contributed by atoms with Crippen molar-refractivity contribution in [3.8, 4) is 11.4 Å². The molecule has 10 nitrogen and oxygen atoms in total. The number of rotatable bonds is 7. The van der Waals surface area contributed by atoms with Gasteiger partial charge in [-0.2, -0.15) is 4.80 Å². The molecule has 0 radical (unpaired) electrons. The summed E-state index contributed by atoms with van der Waals surface area (Å²) in [5, 5.41) is 15.0. The average molecular weight is 496 g/mol. The predicted molar refractivity (Wildman–Crippen MR) is 134 cm³/mol. The molecule has 2 heterocycles. The van der Waals surface area contributed by atoms with Gasteiger partial charge in [-0.3, -0.25) is 14.5 Å². The van der Waals surface area contributed by atoms with E-state index in [-0.39, 0.29) is 11.4 Å². The molecule has 1 amide bonds. The summed E-state index contributed by atoms with van der Waals surface area (Å²) in [5.41, 5.74) is 2.37. The van der Waals surface area contributed by atoms with Crippen molar-refractivity contribution < 1.29 is 13.2 Å². The van der Waals surface area contributed by atoms with Gasteiger partial charge in [0.05, 0.1) is 4.90 Å². The molecule has 0 unspecified atom stereocenters. The van der Waals surface area contributed by atoms with Crippen LogP contribution in [0.1, 0.15) is 51.0 Å². The summed E-state index contributed by atoms with van der Waals surface area (Å²) in [6.45, 7) is 4.70. The van der Waals surface area contributed by atoms with Gasteiger partial charge in [-0.05, 0) is 47.7 Å². The molecule has 0 bridgehead atoms. The van der Waals surface area contributed by atoms with E-state index in [1.54, 1.807) is 12.1 Å². The lowest BCUT2D eigenvalue weighted by Crippen LogP contribution is -2.30. The van der Waals surface area contributed by atoms with Crippen molar-refractivity contribution in [1.29, 1.82) is 0 Å². The highest BCUT2D eigenvalue weighted by molar-refractivity contribution is 7.90. The number of nitrogens with zero attached hydrogens (tertiary/aromatic N) is 5. The molecule has 11 heteroatoms. The number of hydrogen-bond acceptors (Lipinski definition) is 7. The monoisotopic (exact) mass is 495 g/mol. The van der Waals surface area contributed by atoms with Crippen molar-refractivity contribution in [3.63, 3.8) is 0 Å². The van der Waals surface area contributed by atoms with Crippen LogP contribution in [0.2, 0.25) is 0 Å². The van der Waals surface area contributed by atoms with Crippen molar-refractivity contribution in [2.45, 2.75) is 56.9 Å². The molecule has 0 fully saturated rings. The molecule has 35 heavy (non-hydrogen) atoms. The minimum absolute atomic E-state index is 0.0493. The van der Waals surface area contributed by atoms with E-state index in [2.05, 4.69) is 44.3 Å². The fraction of sp³-hybridized carbons (Fsp3) is 0.375. The minimum atomic E-state index is -3.80. The molecule has 2 aromatic carbocycles. The summed E-state index contributed by atoms with van der Waals surface area (Å²) in [7, 11) is -3.80. The molecule has 0 spiro atoms. The van der Waals surface area contributed by atoms with Gasteiger partial charge in [-0.15, -0.1) is 10.2 Å². The molecule has 0 saturated heterocycles. The maximum atomic E-state index is 12.8. The molecule has 2 N–H and O–H groups in total. The van der Waals surface area contributed by atoms with Crippen LogP contribution in [0, 0.1) is 0 Å². The van der Waals surface area contributed by atoms with E-state index in [0.29, 0.717) is 36.2 Å². The van der Waals surface area contributed by atoms with Crippen LogP contribution in [0.4, 0.5) is 5.69 Å². The fourth-order valence-electron chi connectivity index (χ4n) is 3.68. The molecule has 3 aromatic rings. The van der Waals surface area contributed by atoms with Crippen LogP contribution in [0.3, 0.4) is 0 Å². The third kappa shape index (κ3) is 6.50. The standard InChI is InChI=1S/C24H29N7O3S/c1-17(2)18-10-12-19(13-11-18)24-27-30-31(28-24)16-23(32)26-20-7-6-8-21(15-20)35(33,34)29-22-9-4-3-5-14-25-22/h6-8,10-13,15,17H,3-5,9,14,16H2,1-2H3,(H,25,29)(H,26,32). The van der Waals surface area contributed by atoms with Crippen molar-refractivity contribution in [1.82, 2.24) is 24.9 Å². The number of nitrogens with one attached hydrogen (secondary N) is 2. The van der Waals surface area contributed by atoms with Crippen molar-refractivity contribution >= 4 is 27.5 Å². The van der Waals surface area contributed by atoms with Gasteiger partial charge in [-0.1, -0.05) is 50.6 Å². The zero-order valence-corrected chi connectivity index (χ0v) is 20.6. The van der Waals surface area contributed by atoms with E-state index in [4.69, 9.17) is 0 Å². The number of carbonyl (C=O) groups excluding carboxylic acids is 1. The number of amides is 1. The van der Waals surface area contributed by atoms with Gasteiger partial charge < -0.3 is 5.32 Å². The fourth-order valence-corrected chi connectivity index (χ4v) is 4.82. The van der Waals surface area contributed by atoms with Gasteiger partial charge in [-0.25, -0.2) is 8.42 Å². The van der Waals surface area contributed by atoms with E-state index >= 15 is 0 Å². The minimum Gasteiger partial charge on any atom is -0.324 e. The Morgan fingerprint density at radius 2 is 1.89 bits per heavy atom. The number of tetrazole rings is 1. The number of carbonyl (C=O) groups is 1. The molecular formula is C24H29N7O3S. The van der Waals surface area contributed by atoms with Crippen LogP contribution in [-0.4, -0.2) is 46.9 Å². The highest BCUT2D eigenvalue weighted by Gasteiger charge is 2.18. The van der Waals surface area contributed by atoms with Crippen LogP contribution in [0.5, 0.6) is 0 Å². The first-order chi connectivity index (χ1) is 16.8. The summed E-state index contributed by atoms with van der Waals surface area (Å²) in [5.74, 6) is 0.920. The lowest BCUT2D eigenvalue weighted by atomic mass is 10.0. The molecule has 4 rings (SSSR count). The Labute approximate surface area is 204 Å². The first kappa shape index (κ1) is 24.5. The molecule has 184 valence electrons. The van der Waals surface area contributed by atoms with Crippen LogP contribution in [0.25, 0.3) is 11.4 Å². The van der Waals surface area contributed by atoms with Crippen LogP contribution in [-0.2, 0) is 21.4 Å². The highest BCUT2D eigenvalue weighted by atomic mass is 32.2. The summed E-state index contributed by atoms with van der Waals surface area (Å²) in [4.78, 5) is 18.1. The molecule has 0 saturated carbocycles. The first-order valence-electron chi connectivity index (χ1n) is 11.6. The molecule has 0 aliphatic carbocycles. The Bertz CT molecular complexity index is 1310. The second kappa shape index (κ2) is 10.8. The third-order valence-corrected chi connectivity index (χ3v) is 7.01. The van der Waals surface area contributed by atoms with Gasteiger partial charge in [0.25, 0.3) is 10.0 Å². The van der Waals surface area contributed by atoms with E-state index in [1.807, 2.05) is 24.3 Å². The maximum Gasteiger partial charge on any atom is 0.262 e. The summed E-state index contributed by atoms with van der Waals surface area (Å²) in [6, 6.07) is 14.0. The summed E-state index contributed by atoms with van der Waals surface area (Å²) < 4.78 is 28.2. The lowest BCUT2D eigenvalue weighted by molar-refractivity contribution is -0.117. The van der Waals surface area contributed by atoms with E-state index in [1.165, 1.54) is 22.5 Å². The normalized spacial score (nSPS) is 14.3. The lowest BCUT2D eigenvalue weighted by Gasteiger charge is -2.11. The Kier molecular flexibility index (Phi) is 7.54. The maximum absolute atomic E-state index is 12.8. The smallest absolute Gasteiger partial charge is 0.262 e. The summed E-state index contributed by atoms with van der Waals surface area (Å²) >= 11 is 0. The van der Waals surface area contributed by atoms with Crippen molar-refractivity contribution in [3.05, 3.63) is 54.1 Å². The first-order valence-corrected chi connectivity index (χ1v) is 13.1. The van der Waals surface area contributed by atoms with Gasteiger partial charge in [0.1, 0.15) is 12.4 Å². The molecular weight excluding hydrogens is 466 g/mol. The number of amidine groups is 1.